The van der Waals surface area contributed by atoms with Crippen LogP contribution in [-0.2, 0) is 9.53 Å². The molecular weight excluding hydrogens is 180 g/mol. The number of carbonyl (C=O) groups is 1. The summed E-state index contributed by atoms with van der Waals surface area (Å²) in [6, 6.07) is 0. The van der Waals surface area contributed by atoms with Gasteiger partial charge in [-0.1, -0.05) is 0 Å². The first-order chi connectivity index (χ1) is 6.66. The molecule has 4 heteroatoms. The maximum atomic E-state index is 11.9. The van der Waals surface area contributed by atoms with Crippen molar-refractivity contribution in [2.45, 2.75) is 25.9 Å². The minimum absolute atomic E-state index is 0.0535. The van der Waals surface area contributed by atoms with Crippen molar-refractivity contribution in [3.63, 3.8) is 0 Å². The molecule has 0 saturated carbocycles. The molecule has 1 rings (SSSR count). The molecule has 2 N–H and O–H groups in total. The van der Waals surface area contributed by atoms with Gasteiger partial charge in [0.1, 0.15) is 0 Å². The van der Waals surface area contributed by atoms with Crippen molar-refractivity contribution in [1.29, 1.82) is 0 Å². The molecule has 0 radical (unpaired) electrons. The van der Waals surface area contributed by atoms with Crippen molar-refractivity contribution in [2.75, 3.05) is 26.7 Å². The largest absolute Gasteiger partial charge is 0.378 e. The third kappa shape index (κ3) is 2.69. The number of rotatable bonds is 4. The van der Waals surface area contributed by atoms with Crippen LogP contribution < -0.4 is 5.73 Å². The van der Waals surface area contributed by atoms with E-state index in [4.69, 9.17) is 10.5 Å². The highest BCUT2D eigenvalue weighted by atomic mass is 16.5. The highest BCUT2D eigenvalue weighted by Crippen LogP contribution is 2.22. The van der Waals surface area contributed by atoms with Gasteiger partial charge in [0, 0.05) is 20.2 Å². The van der Waals surface area contributed by atoms with Crippen molar-refractivity contribution in [3.05, 3.63) is 0 Å². The Morgan fingerprint density at radius 3 is 2.86 bits per heavy atom. The average Bonchev–Trinajstić information content (AvgIpc) is 2.59. The Morgan fingerprint density at radius 2 is 2.36 bits per heavy atom. The molecule has 1 amide bonds. The van der Waals surface area contributed by atoms with Crippen molar-refractivity contribution >= 4 is 5.91 Å². The molecule has 1 aliphatic rings. The molecular formula is C10H20N2O2. The Balaban J connectivity index is 2.39. The molecule has 2 unspecified atom stereocenters. The van der Waals surface area contributed by atoms with Crippen molar-refractivity contribution in [3.8, 4) is 0 Å². The van der Waals surface area contributed by atoms with E-state index in [0.717, 1.165) is 19.4 Å². The number of ether oxygens (including phenoxy) is 1. The third-order valence-corrected chi connectivity index (χ3v) is 2.77. The Kier molecular flexibility index (Phi) is 4.35. The lowest BCUT2D eigenvalue weighted by molar-refractivity contribution is -0.135. The predicted octanol–water partition coefficient (Wildman–Crippen LogP) is 0.219. The number of hydrogen-bond acceptors (Lipinski definition) is 3. The van der Waals surface area contributed by atoms with E-state index in [-0.39, 0.29) is 17.9 Å². The van der Waals surface area contributed by atoms with Crippen molar-refractivity contribution in [1.82, 2.24) is 4.90 Å². The van der Waals surface area contributed by atoms with Gasteiger partial charge in [-0.2, -0.15) is 0 Å². The van der Waals surface area contributed by atoms with E-state index >= 15 is 0 Å². The van der Waals surface area contributed by atoms with E-state index in [0.29, 0.717) is 13.2 Å². The number of nitrogens with two attached hydrogens (primary N) is 1. The van der Waals surface area contributed by atoms with Gasteiger partial charge in [0.25, 0.3) is 0 Å². The summed E-state index contributed by atoms with van der Waals surface area (Å²) in [5.74, 6) is 0.251. The van der Waals surface area contributed by atoms with Gasteiger partial charge in [0.2, 0.25) is 5.91 Å². The molecule has 1 saturated heterocycles. The maximum absolute atomic E-state index is 11.9. The quantitative estimate of drug-likeness (QED) is 0.706. The minimum Gasteiger partial charge on any atom is -0.378 e. The van der Waals surface area contributed by atoms with E-state index in [9.17, 15) is 4.79 Å². The summed E-state index contributed by atoms with van der Waals surface area (Å²) in [7, 11) is 1.84. The minimum atomic E-state index is 0.0535. The molecule has 0 aromatic heterocycles. The van der Waals surface area contributed by atoms with Crippen LogP contribution in [0.4, 0.5) is 0 Å². The normalized spacial score (nSPS) is 26.5. The second-order valence-corrected chi connectivity index (χ2v) is 3.87. The van der Waals surface area contributed by atoms with Crippen LogP contribution in [0.2, 0.25) is 0 Å². The SMILES string of the molecule is CC1OCCC1C(=O)N(C)CCCN. The van der Waals surface area contributed by atoms with Gasteiger partial charge in [-0.05, 0) is 26.3 Å². The first-order valence-electron chi connectivity index (χ1n) is 5.23. The molecule has 0 aromatic rings. The molecule has 4 nitrogen and oxygen atoms in total. The second kappa shape index (κ2) is 5.32. The first-order valence-corrected chi connectivity index (χ1v) is 5.23. The number of amides is 1. The fourth-order valence-corrected chi connectivity index (χ4v) is 1.78. The number of hydrogen-bond donors (Lipinski definition) is 1. The van der Waals surface area contributed by atoms with Crippen LogP contribution in [0.5, 0.6) is 0 Å². The molecule has 0 spiro atoms. The van der Waals surface area contributed by atoms with E-state index in [2.05, 4.69) is 0 Å². The van der Waals surface area contributed by atoms with E-state index in [1.807, 2.05) is 14.0 Å². The smallest absolute Gasteiger partial charge is 0.228 e. The number of carbonyl (C=O) groups excluding carboxylic acids is 1. The summed E-state index contributed by atoms with van der Waals surface area (Å²) in [6.07, 6.45) is 1.79. The molecule has 1 aliphatic heterocycles. The summed E-state index contributed by atoms with van der Waals surface area (Å²) in [5, 5.41) is 0. The fourth-order valence-electron chi connectivity index (χ4n) is 1.78. The molecule has 14 heavy (non-hydrogen) atoms. The second-order valence-electron chi connectivity index (χ2n) is 3.87. The van der Waals surface area contributed by atoms with Gasteiger partial charge in [-0.25, -0.2) is 0 Å². The molecule has 0 aliphatic carbocycles. The van der Waals surface area contributed by atoms with Crippen LogP contribution >= 0.6 is 0 Å². The van der Waals surface area contributed by atoms with Crippen LogP contribution in [0.15, 0.2) is 0 Å². The lowest BCUT2D eigenvalue weighted by atomic mass is 10.0. The number of nitrogens with zero attached hydrogens (tertiary/aromatic N) is 1. The monoisotopic (exact) mass is 200 g/mol. The summed E-state index contributed by atoms with van der Waals surface area (Å²) < 4.78 is 5.37. The highest BCUT2D eigenvalue weighted by molar-refractivity contribution is 5.79. The van der Waals surface area contributed by atoms with E-state index in [1.165, 1.54) is 0 Å². The Hall–Kier alpha value is -0.610. The zero-order chi connectivity index (χ0) is 10.6. The molecule has 1 heterocycles. The molecule has 2 atom stereocenters. The zero-order valence-electron chi connectivity index (χ0n) is 9.03. The van der Waals surface area contributed by atoms with E-state index < -0.39 is 0 Å². The van der Waals surface area contributed by atoms with Crippen LogP contribution in [0, 0.1) is 5.92 Å². The summed E-state index contributed by atoms with van der Waals surface area (Å²) >= 11 is 0. The summed E-state index contributed by atoms with van der Waals surface area (Å²) in [6.45, 7) is 4.06. The van der Waals surface area contributed by atoms with Crippen molar-refractivity contribution < 1.29 is 9.53 Å². The lowest BCUT2D eigenvalue weighted by Crippen LogP contribution is -2.37. The molecule has 1 fully saturated rings. The Morgan fingerprint density at radius 1 is 1.64 bits per heavy atom. The first kappa shape index (κ1) is 11.5. The van der Waals surface area contributed by atoms with Gasteiger partial charge >= 0.3 is 0 Å². The Bertz CT molecular complexity index is 197. The van der Waals surface area contributed by atoms with Gasteiger partial charge in [0.15, 0.2) is 0 Å². The lowest BCUT2D eigenvalue weighted by Gasteiger charge is -2.22. The van der Waals surface area contributed by atoms with Gasteiger partial charge in [-0.15, -0.1) is 0 Å². The van der Waals surface area contributed by atoms with Crippen molar-refractivity contribution in [2.24, 2.45) is 11.7 Å². The van der Waals surface area contributed by atoms with Gasteiger partial charge < -0.3 is 15.4 Å². The predicted molar refractivity (Wildman–Crippen MR) is 54.8 cm³/mol. The highest BCUT2D eigenvalue weighted by Gasteiger charge is 2.32. The summed E-state index contributed by atoms with van der Waals surface area (Å²) in [4.78, 5) is 13.6. The fraction of sp³-hybridized carbons (Fsp3) is 0.900. The molecule has 0 bridgehead atoms. The van der Waals surface area contributed by atoms with Gasteiger partial charge in [0.05, 0.1) is 12.0 Å². The third-order valence-electron chi connectivity index (χ3n) is 2.77. The zero-order valence-corrected chi connectivity index (χ0v) is 9.03. The molecule has 0 aromatic carbocycles. The topological polar surface area (TPSA) is 55.6 Å². The van der Waals surface area contributed by atoms with Gasteiger partial charge in [-0.3, -0.25) is 4.79 Å². The van der Waals surface area contributed by atoms with Crippen LogP contribution in [0.25, 0.3) is 0 Å². The van der Waals surface area contributed by atoms with E-state index in [1.54, 1.807) is 4.90 Å². The average molecular weight is 200 g/mol. The van der Waals surface area contributed by atoms with Crippen LogP contribution in [0.3, 0.4) is 0 Å². The maximum Gasteiger partial charge on any atom is 0.228 e. The Labute approximate surface area is 85.4 Å². The standard InChI is InChI=1S/C10H20N2O2/c1-8-9(4-7-14-8)10(13)12(2)6-3-5-11/h8-9H,3-7,11H2,1-2H3. The van der Waals surface area contributed by atoms with Crippen LogP contribution in [-0.4, -0.2) is 43.7 Å². The molecule has 82 valence electrons. The summed E-state index contributed by atoms with van der Waals surface area (Å²) in [5.41, 5.74) is 5.40. The van der Waals surface area contributed by atoms with Crippen LogP contribution in [0.1, 0.15) is 19.8 Å².